The summed E-state index contributed by atoms with van der Waals surface area (Å²) in [6.45, 7) is 0. The highest BCUT2D eigenvalue weighted by atomic mass is 35.5. The van der Waals surface area contributed by atoms with Gasteiger partial charge in [0, 0.05) is 13.1 Å². The Morgan fingerprint density at radius 2 is 1.94 bits per heavy atom. The lowest BCUT2D eigenvalue weighted by atomic mass is 10.1. The van der Waals surface area contributed by atoms with Gasteiger partial charge in [0.05, 0.1) is 12.4 Å². The topological polar surface area (TPSA) is 46.1 Å². The lowest BCUT2D eigenvalue weighted by molar-refractivity contribution is 0.0711. The molecule has 1 fully saturated rings. The summed E-state index contributed by atoms with van der Waals surface area (Å²) < 4.78 is 0. The van der Waals surface area contributed by atoms with Gasteiger partial charge in [0.1, 0.15) is 10.8 Å². The Morgan fingerprint density at radius 1 is 1.28 bits per heavy atom. The van der Waals surface area contributed by atoms with Gasteiger partial charge >= 0.3 is 0 Å². The lowest BCUT2D eigenvalue weighted by Crippen LogP contribution is -2.37. The number of carbonyl (C=O) groups excluding carboxylic acids is 1. The van der Waals surface area contributed by atoms with Crippen molar-refractivity contribution in [3.63, 3.8) is 0 Å². The van der Waals surface area contributed by atoms with Gasteiger partial charge in [0.2, 0.25) is 0 Å². The molecule has 0 N–H and O–H groups in total. The van der Waals surface area contributed by atoms with Crippen molar-refractivity contribution < 1.29 is 4.79 Å². The van der Waals surface area contributed by atoms with E-state index >= 15 is 0 Å². The molecule has 0 aromatic carbocycles. The normalized spacial score (nSPS) is 17.2. The minimum atomic E-state index is -0.0862. The largest absolute Gasteiger partial charge is 0.337 e. The van der Waals surface area contributed by atoms with Crippen LogP contribution < -0.4 is 0 Å². The quantitative estimate of drug-likeness (QED) is 0.774. The molecule has 0 bridgehead atoms. The van der Waals surface area contributed by atoms with Gasteiger partial charge in [-0.3, -0.25) is 9.78 Å². The van der Waals surface area contributed by atoms with Gasteiger partial charge in [-0.15, -0.1) is 0 Å². The van der Waals surface area contributed by atoms with E-state index in [0.29, 0.717) is 11.7 Å². The molecule has 98 valence electrons. The monoisotopic (exact) mass is 267 g/mol. The van der Waals surface area contributed by atoms with E-state index in [9.17, 15) is 4.79 Å². The van der Waals surface area contributed by atoms with E-state index < -0.39 is 0 Å². The second-order valence-electron chi connectivity index (χ2n) is 4.79. The van der Waals surface area contributed by atoms with Gasteiger partial charge in [-0.2, -0.15) is 0 Å². The van der Waals surface area contributed by atoms with E-state index in [1.54, 1.807) is 4.90 Å². The number of halogens is 1. The molecule has 4 nitrogen and oxygen atoms in total. The van der Waals surface area contributed by atoms with Crippen LogP contribution in [-0.2, 0) is 0 Å². The predicted molar refractivity (Wildman–Crippen MR) is 70.6 cm³/mol. The van der Waals surface area contributed by atoms with Crippen LogP contribution in [0.3, 0.4) is 0 Å². The van der Waals surface area contributed by atoms with Crippen molar-refractivity contribution in [2.24, 2.45) is 0 Å². The summed E-state index contributed by atoms with van der Waals surface area (Å²) in [5, 5.41) is 0.259. The second-order valence-corrected chi connectivity index (χ2v) is 5.18. The molecule has 1 aliphatic carbocycles. The Labute approximate surface area is 112 Å². The van der Waals surface area contributed by atoms with Gasteiger partial charge in [-0.1, -0.05) is 37.3 Å². The molecule has 1 saturated carbocycles. The van der Waals surface area contributed by atoms with Gasteiger partial charge < -0.3 is 4.90 Å². The maximum absolute atomic E-state index is 12.3. The number of nitrogens with zero attached hydrogens (tertiary/aromatic N) is 3. The molecule has 1 aromatic heterocycles. The third-order valence-corrected chi connectivity index (χ3v) is 3.70. The first-order valence-corrected chi connectivity index (χ1v) is 6.81. The molecule has 1 heterocycles. The molecule has 1 aromatic rings. The molecule has 1 amide bonds. The summed E-state index contributed by atoms with van der Waals surface area (Å²) in [6.07, 6.45) is 10.0. The first-order chi connectivity index (χ1) is 8.68. The Hall–Kier alpha value is -1.16. The SMILES string of the molecule is CN(C(=O)c1cncc(Cl)n1)C1CCCCCC1. The lowest BCUT2D eigenvalue weighted by Gasteiger charge is -2.26. The fourth-order valence-corrected chi connectivity index (χ4v) is 2.58. The van der Waals surface area contributed by atoms with Crippen LogP contribution in [0.5, 0.6) is 0 Å². The minimum absolute atomic E-state index is 0.0862. The first-order valence-electron chi connectivity index (χ1n) is 6.43. The molecule has 0 radical (unpaired) electrons. The van der Waals surface area contributed by atoms with E-state index in [2.05, 4.69) is 9.97 Å². The molecule has 0 saturated heterocycles. The minimum Gasteiger partial charge on any atom is -0.337 e. The van der Waals surface area contributed by atoms with Crippen molar-refractivity contribution in [3.05, 3.63) is 23.2 Å². The van der Waals surface area contributed by atoms with Gasteiger partial charge in [-0.25, -0.2) is 4.98 Å². The molecule has 5 heteroatoms. The van der Waals surface area contributed by atoms with Crippen LogP contribution in [0.2, 0.25) is 5.15 Å². The third kappa shape index (κ3) is 3.19. The Morgan fingerprint density at radius 3 is 2.56 bits per heavy atom. The van der Waals surface area contributed by atoms with Crippen LogP contribution in [0.1, 0.15) is 49.0 Å². The van der Waals surface area contributed by atoms with Crippen molar-refractivity contribution >= 4 is 17.5 Å². The van der Waals surface area contributed by atoms with Crippen molar-refractivity contribution in [2.75, 3.05) is 7.05 Å². The van der Waals surface area contributed by atoms with Gasteiger partial charge in [0.15, 0.2) is 0 Å². The molecule has 0 aliphatic heterocycles. The molecule has 0 unspecified atom stereocenters. The third-order valence-electron chi connectivity index (χ3n) is 3.52. The smallest absolute Gasteiger partial charge is 0.274 e. The van der Waals surface area contributed by atoms with E-state index in [1.165, 1.54) is 38.1 Å². The van der Waals surface area contributed by atoms with Crippen LogP contribution >= 0.6 is 11.6 Å². The number of carbonyl (C=O) groups is 1. The fourth-order valence-electron chi connectivity index (χ4n) is 2.44. The van der Waals surface area contributed by atoms with E-state index in [0.717, 1.165) is 12.8 Å². The zero-order valence-corrected chi connectivity index (χ0v) is 11.4. The number of rotatable bonds is 2. The van der Waals surface area contributed by atoms with Crippen LogP contribution in [-0.4, -0.2) is 33.9 Å². The highest BCUT2D eigenvalue weighted by Crippen LogP contribution is 2.22. The molecule has 0 spiro atoms. The molecule has 2 rings (SSSR count). The van der Waals surface area contributed by atoms with Gasteiger partial charge in [0.25, 0.3) is 5.91 Å². The summed E-state index contributed by atoms with van der Waals surface area (Å²) in [5.41, 5.74) is 0.328. The van der Waals surface area contributed by atoms with E-state index in [4.69, 9.17) is 11.6 Å². The Kier molecular flexibility index (Phi) is 4.53. The fraction of sp³-hybridized carbons (Fsp3) is 0.615. The molecular weight excluding hydrogens is 250 g/mol. The van der Waals surface area contributed by atoms with Crippen molar-refractivity contribution in [2.45, 2.75) is 44.6 Å². The van der Waals surface area contributed by atoms with Crippen LogP contribution in [0.15, 0.2) is 12.4 Å². The number of hydrogen-bond donors (Lipinski definition) is 0. The van der Waals surface area contributed by atoms with Crippen LogP contribution in [0, 0.1) is 0 Å². The summed E-state index contributed by atoms with van der Waals surface area (Å²) in [4.78, 5) is 22.0. The molecule has 18 heavy (non-hydrogen) atoms. The molecule has 0 atom stereocenters. The average Bonchev–Trinajstić information content (AvgIpc) is 2.66. The number of aromatic nitrogens is 2. The maximum Gasteiger partial charge on any atom is 0.274 e. The van der Waals surface area contributed by atoms with Gasteiger partial charge in [-0.05, 0) is 12.8 Å². The number of amides is 1. The predicted octanol–water partition coefficient (Wildman–Crippen LogP) is 2.92. The van der Waals surface area contributed by atoms with Crippen molar-refractivity contribution in [1.29, 1.82) is 0 Å². The summed E-state index contributed by atoms with van der Waals surface area (Å²) in [5.74, 6) is -0.0862. The summed E-state index contributed by atoms with van der Waals surface area (Å²) >= 11 is 5.76. The van der Waals surface area contributed by atoms with E-state index in [1.807, 2.05) is 7.05 Å². The van der Waals surface area contributed by atoms with Crippen molar-refractivity contribution in [3.8, 4) is 0 Å². The first kappa shape index (κ1) is 13.3. The highest BCUT2D eigenvalue weighted by Gasteiger charge is 2.23. The zero-order chi connectivity index (χ0) is 13.0. The Balaban J connectivity index is 2.07. The highest BCUT2D eigenvalue weighted by molar-refractivity contribution is 6.29. The van der Waals surface area contributed by atoms with Crippen molar-refractivity contribution in [1.82, 2.24) is 14.9 Å². The standard InChI is InChI=1S/C13H18ClN3O/c1-17(10-6-4-2-3-5-7-10)13(18)11-8-15-9-12(14)16-11/h8-10H,2-7H2,1H3. The van der Waals surface area contributed by atoms with E-state index in [-0.39, 0.29) is 11.1 Å². The Bertz CT molecular complexity index is 416. The number of hydrogen-bond acceptors (Lipinski definition) is 3. The van der Waals surface area contributed by atoms with Crippen LogP contribution in [0.4, 0.5) is 0 Å². The second kappa shape index (κ2) is 6.14. The van der Waals surface area contributed by atoms with Crippen LogP contribution in [0.25, 0.3) is 0 Å². The summed E-state index contributed by atoms with van der Waals surface area (Å²) in [6, 6.07) is 0.320. The maximum atomic E-state index is 12.3. The molecular formula is C13H18ClN3O. The summed E-state index contributed by atoms with van der Waals surface area (Å²) in [7, 11) is 1.85. The average molecular weight is 268 g/mol. The zero-order valence-electron chi connectivity index (χ0n) is 10.6. The molecule has 1 aliphatic rings.